The summed E-state index contributed by atoms with van der Waals surface area (Å²) in [6.45, 7) is 7.41. The van der Waals surface area contributed by atoms with Gasteiger partial charge in [0.2, 0.25) is 0 Å². The Balaban J connectivity index is 1.02. The first kappa shape index (κ1) is 44.0. The van der Waals surface area contributed by atoms with E-state index in [4.69, 9.17) is 10.2 Å². The fourth-order valence-electron chi connectivity index (χ4n) is 10.9. The first-order valence-electron chi connectivity index (χ1n) is 25.5. The molecule has 0 fully saturated rings. The Kier molecular flexibility index (Phi) is 11.7. The van der Waals surface area contributed by atoms with Gasteiger partial charge >= 0.3 is 0 Å². The van der Waals surface area contributed by atoms with Gasteiger partial charge in [-0.1, -0.05) is 202 Å². The number of para-hydroxylation sites is 2. The molecule has 5 heteroatoms. The van der Waals surface area contributed by atoms with Crippen molar-refractivity contribution in [1.29, 1.82) is 0 Å². The lowest BCUT2D eigenvalue weighted by molar-refractivity contribution is 0.561. The van der Waals surface area contributed by atoms with Gasteiger partial charge in [-0.25, -0.2) is 0 Å². The van der Waals surface area contributed by atoms with Crippen molar-refractivity contribution < 1.29 is 0 Å². The second kappa shape index (κ2) is 18.9. The number of aryl methyl sites for hydroxylation is 1. The van der Waals surface area contributed by atoms with Gasteiger partial charge in [-0.3, -0.25) is 0 Å². The number of fused-ring (bicyclic) bond motifs is 8. The Labute approximate surface area is 415 Å². The normalized spacial score (nSPS) is 12.2. The smallest absolute Gasteiger partial charge is 0.164 e. The van der Waals surface area contributed by atoms with Gasteiger partial charge in [0.25, 0.3) is 0 Å². The van der Waals surface area contributed by atoms with Crippen LogP contribution in [0.2, 0.25) is 0 Å². The van der Waals surface area contributed by atoms with Gasteiger partial charge in [0, 0.05) is 50.3 Å². The van der Waals surface area contributed by atoms with Gasteiger partial charge in [-0.05, 0) is 95.9 Å². The van der Waals surface area contributed by atoms with Crippen molar-refractivity contribution in [3.8, 4) is 34.2 Å². The maximum Gasteiger partial charge on any atom is 0.164 e. The first-order valence-corrected chi connectivity index (χ1v) is 25.5. The molecular formula is C66H57N5. The van der Waals surface area contributed by atoms with Crippen molar-refractivity contribution in [2.75, 3.05) is 0 Å². The lowest BCUT2D eigenvalue weighted by Crippen LogP contribution is -2.04. The molecule has 346 valence electrons. The summed E-state index contributed by atoms with van der Waals surface area (Å²) in [6.07, 6.45) is 16.4. The Bertz CT molecular complexity index is 3990. The fourth-order valence-corrected chi connectivity index (χ4v) is 10.9. The molecule has 71 heavy (non-hydrogen) atoms. The van der Waals surface area contributed by atoms with Crippen molar-refractivity contribution >= 4 is 83.4 Å². The molecule has 0 amide bonds. The molecule has 0 aliphatic carbocycles. The number of allylic oxidation sites excluding steroid dienone is 1. The highest BCUT2D eigenvalue weighted by Gasteiger charge is 2.21. The Morgan fingerprint density at radius 1 is 0.423 bits per heavy atom. The summed E-state index contributed by atoms with van der Waals surface area (Å²) in [5.74, 6) is 1.84. The highest BCUT2D eigenvalue weighted by atomic mass is 15.3. The van der Waals surface area contributed by atoms with E-state index >= 15 is 0 Å². The Hall–Kier alpha value is -8.28. The quantitative estimate of drug-likeness (QED) is 0.0805. The summed E-state index contributed by atoms with van der Waals surface area (Å²) >= 11 is 0. The van der Waals surface area contributed by atoms with Crippen LogP contribution in [0.25, 0.3) is 118 Å². The number of rotatable bonds is 14. The van der Waals surface area contributed by atoms with Crippen LogP contribution < -0.4 is 0 Å². The van der Waals surface area contributed by atoms with Crippen molar-refractivity contribution in [2.24, 2.45) is 0 Å². The predicted octanol–water partition coefficient (Wildman–Crippen LogP) is 18.0. The molecule has 0 aliphatic heterocycles. The van der Waals surface area contributed by atoms with Crippen LogP contribution in [-0.2, 0) is 6.54 Å². The minimum Gasteiger partial charge on any atom is -0.309 e. The van der Waals surface area contributed by atoms with Crippen LogP contribution in [0.15, 0.2) is 188 Å². The molecule has 3 aromatic heterocycles. The second-order valence-electron chi connectivity index (χ2n) is 19.2. The van der Waals surface area contributed by atoms with Gasteiger partial charge in [0.1, 0.15) is 0 Å². The van der Waals surface area contributed by atoms with Crippen molar-refractivity contribution in [3.63, 3.8) is 0 Å². The van der Waals surface area contributed by atoms with Gasteiger partial charge in [-0.2, -0.15) is 0 Å². The summed E-state index contributed by atoms with van der Waals surface area (Å²) < 4.78 is 7.30. The van der Waals surface area contributed by atoms with Crippen molar-refractivity contribution in [2.45, 2.75) is 65.8 Å². The highest BCUT2D eigenvalue weighted by molar-refractivity contribution is 6.15. The molecule has 0 bridgehead atoms. The van der Waals surface area contributed by atoms with Crippen LogP contribution in [0.3, 0.4) is 0 Å². The molecule has 0 N–H and O–H groups in total. The third kappa shape index (κ3) is 8.11. The summed E-state index contributed by atoms with van der Waals surface area (Å²) in [5, 5.41) is 19.5. The second-order valence-corrected chi connectivity index (χ2v) is 19.2. The first-order chi connectivity index (χ1) is 35.0. The Morgan fingerprint density at radius 2 is 0.887 bits per heavy atom. The van der Waals surface area contributed by atoms with Crippen LogP contribution in [0.1, 0.15) is 74.6 Å². The van der Waals surface area contributed by atoms with E-state index in [0.29, 0.717) is 0 Å². The van der Waals surface area contributed by atoms with Crippen LogP contribution in [0, 0.1) is 6.92 Å². The van der Waals surface area contributed by atoms with Gasteiger partial charge < -0.3 is 13.7 Å². The van der Waals surface area contributed by atoms with Crippen LogP contribution >= 0.6 is 0 Å². The van der Waals surface area contributed by atoms with Crippen LogP contribution in [0.5, 0.6) is 0 Å². The molecule has 5 nitrogen and oxygen atoms in total. The largest absolute Gasteiger partial charge is 0.309 e. The van der Waals surface area contributed by atoms with E-state index in [1.807, 2.05) is 0 Å². The maximum atomic E-state index is 4.85. The van der Waals surface area contributed by atoms with E-state index in [1.165, 1.54) is 103 Å². The summed E-state index contributed by atoms with van der Waals surface area (Å²) in [7, 11) is 0. The summed E-state index contributed by atoms with van der Waals surface area (Å²) in [5.41, 5.74) is 13.7. The molecule has 12 aromatic rings. The van der Waals surface area contributed by atoms with Gasteiger partial charge in [0.15, 0.2) is 11.6 Å². The number of unbranched alkanes of at least 4 members (excludes halogenated alkanes) is 5. The molecule has 0 spiro atoms. The molecular weight excluding hydrogens is 863 g/mol. The molecule has 12 rings (SSSR count). The lowest BCUT2D eigenvalue weighted by atomic mass is 10.0. The SMILES string of the molecule is C/C=C/c1cc(-n2c3ccccc3c3cc4ccccc4cc32)c(/C=C/c2ccc(-c3nnc(-c4ccc(C)cc4)n3CCCCCCCC)cc2)cc1-n1c2ccccc2c2cc3ccccc3cc21. The van der Waals surface area contributed by atoms with Gasteiger partial charge in [0.05, 0.1) is 33.4 Å². The maximum absolute atomic E-state index is 4.85. The van der Waals surface area contributed by atoms with E-state index < -0.39 is 0 Å². The van der Waals surface area contributed by atoms with E-state index in [2.05, 4.69) is 241 Å². The zero-order valence-electron chi connectivity index (χ0n) is 40.8. The molecule has 0 unspecified atom stereocenters. The van der Waals surface area contributed by atoms with Crippen molar-refractivity contribution in [1.82, 2.24) is 23.9 Å². The summed E-state index contributed by atoms with van der Waals surface area (Å²) in [4.78, 5) is 0. The average Bonchev–Trinajstić information content (AvgIpc) is 4.08. The fraction of sp³-hybridized carbons (Fsp3) is 0.152. The number of hydrogen-bond donors (Lipinski definition) is 0. The number of benzene rings is 9. The lowest BCUT2D eigenvalue weighted by Gasteiger charge is -2.19. The summed E-state index contributed by atoms with van der Waals surface area (Å²) in [6, 6.07) is 66.9. The molecule has 0 aliphatic rings. The zero-order chi connectivity index (χ0) is 47.8. The minimum atomic E-state index is 0.883. The standard InChI is InChI=1S/C66H57N5/c1-4-6-7-8-9-18-38-69-65(47-33-28-45(3)29-34-47)67-68-66(69)48-35-30-46(31-36-48)32-37-54-44-61(70-59-26-16-14-24-55(59)57-39-49-20-10-12-22-51(49)41-63(57)70)53(19-5-2)43-62(54)71-60-27-17-15-25-56(60)58-40-50-21-11-13-23-52(50)42-64(58)71/h5,10-17,19-37,39-44H,4,6-9,18,38H2,1-3H3/b19-5+,37-32+. The van der Waals surface area contributed by atoms with Crippen LogP contribution in [-0.4, -0.2) is 23.9 Å². The zero-order valence-corrected chi connectivity index (χ0v) is 40.8. The minimum absolute atomic E-state index is 0.883. The van der Waals surface area contributed by atoms with Crippen LogP contribution in [0.4, 0.5) is 0 Å². The van der Waals surface area contributed by atoms with Crippen molar-refractivity contribution in [3.05, 3.63) is 210 Å². The molecule has 9 aromatic carbocycles. The predicted molar refractivity (Wildman–Crippen MR) is 303 cm³/mol. The molecule has 0 radical (unpaired) electrons. The number of aromatic nitrogens is 5. The van der Waals surface area contributed by atoms with E-state index in [-0.39, 0.29) is 0 Å². The van der Waals surface area contributed by atoms with Gasteiger partial charge in [-0.15, -0.1) is 10.2 Å². The third-order valence-electron chi connectivity index (χ3n) is 14.5. The number of hydrogen-bond acceptors (Lipinski definition) is 2. The molecule has 3 heterocycles. The number of nitrogens with zero attached hydrogens (tertiary/aromatic N) is 5. The highest BCUT2D eigenvalue weighted by Crippen LogP contribution is 2.41. The van der Waals surface area contributed by atoms with E-state index in [9.17, 15) is 0 Å². The third-order valence-corrected chi connectivity index (χ3v) is 14.5. The van der Waals surface area contributed by atoms with E-state index in [0.717, 1.165) is 63.8 Å². The monoisotopic (exact) mass is 919 g/mol. The average molecular weight is 920 g/mol. The molecule has 0 atom stereocenters. The van der Waals surface area contributed by atoms with E-state index in [1.54, 1.807) is 0 Å². The molecule has 0 saturated heterocycles. The Morgan fingerprint density at radius 3 is 1.42 bits per heavy atom. The molecule has 0 saturated carbocycles. The topological polar surface area (TPSA) is 40.6 Å².